The molecule has 0 atom stereocenters. The molecule has 2 rings (SSSR count). The molecule has 0 aliphatic rings. The van der Waals surface area contributed by atoms with Crippen LogP contribution < -0.4 is 10.1 Å². The van der Waals surface area contributed by atoms with E-state index in [1.54, 1.807) is 31.2 Å². The number of aliphatic imine (C=N–C) groups is 2. The molecule has 0 radical (unpaired) electrons. The van der Waals surface area contributed by atoms with E-state index < -0.39 is 0 Å². The molecular weight excluding hydrogens is 330 g/mol. The van der Waals surface area contributed by atoms with E-state index in [0.717, 1.165) is 0 Å². The minimum atomic E-state index is -0.382. The molecule has 1 aromatic carbocycles. The monoisotopic (exact) mass is 343 g/mol. The second kappa shape index (κ2) is 8.54. The maximum Gasteiger partial charge on any atom is 0.256 e. The zero-order valence-electron chi connectivity index (χ0n) is 12.8. The Morgan fingerprint density at radius 3 is 2.79 bits per heavy atom. The van der Waals surface area contributed by atoms with Crippen molar-refractivity contribution in [1.82, 2.24) is 15.3 Å². The van der Waals surface area contributed by atoms with E-state index in [0.29, 0.717) is 16.3 Å². The van der Waals surface area contributed by atoms with Crippen LogP contribution >= 0.6 is 11.6 Å². The molecule has 24 heavy (non-hydrogen) atoms. The SMILES string of the molecule is C=N/C=C(\N=C(/C)Oc1cncnc1)NC(=O)c1cccc(Cl)c1. The summed E-state index contributed by atoms with van der Waals surface area (Å²) in [5.74, 6) is 0.480. The third kappa shape index (κ3) is 5.29. The Morgan fingerprint density at radius 1 is 1.38 bits per heavy atom. The van der Waals surface area contributed by atoms with Crippen molar-refractivity contribution in [2.45, 2.75) is 6.92 Å². The van der Waals surface area contributed by atoms with Crippen LogP contribution in [0.15, 0.2) is 65.0 Å². The van der Waals surface area contributed by atoms with Gasteiger partial charge < -0.3 is 10.1 Å². The topological polar surface area (TPSA) is 88.8 Å². The fraction of sp³-hybridized carbons (Fsp3) is 0.0625. The minimum absolute atomic E-state index is 0.171. The predicted octanol–water partition coefficient (Wildman–Crippen LogP) is 2.86. The molecule has 0 saturated heterocycles. The van der Waals surface area contributed by atoms with Gasteiger partial charge in [-0.3, -0.25) is 9.79 Å². The Hall–Kier alpha value is -3.06. The average Bonchev–Trinajstić information content (AvgIpc) is 2.55. The molecule has 1 N–H and O–H groups in total. The maximum absolute atomic E-state index is 12.2. The summed E-state index contributed by atoms with van der Waals surface area (Å²) in [4.78, 5) is 27.7. The summed E-state index contributed by atoms with van der Waals surface area (Å²) >= 11 is 5.88. The van der Waals surface area contributed by atoms with Crippen molar-refractivity contribution in [2.75, 3.05) is 0 Å². The number of hydrogen-bond donors (Lipinski definition) is 1. The Labute approximate surface area is 143 Å². The van der Waals surface area contributed by atoms with Crippen LogP contribution in [-0.2, 0) is 0 Å². The van der Waals surface area contributed by atoms with Gasteiger partial charge in [0.25, 0.3) is 5.91 Å². The Bertz CT molecular complexity index is 790. The number of halogens is 1. The molecular formula is C16H14ClN5O2. The fourth-order valence-electron chi connectivity index (χ4n) is 1.69. The zero-order chi connectivity index (χ0) is 17.4. The summed E-state index contributed by atoms with van der Waals surface area (Å²) in [5.41, 5.74) is 0.391. The van der Waals surface area contributed by atoms with Crippen LogP contribution in [0.5, 0.6) is 5.75 Å². The number of rotatable bonds is 5. The van der Waals surface area contributed by atoms with Crippen LogP contribution in [0.4, 0.5) is 0 Å². The Kier molecular flexibility index (Phi) is 6.16. The zero-order valence-corrected chi connectivity index (χ0v) is 13.6. The molecule has 7 nitrogen and oxygen atoms in total. The van der Waals surface area contributed by atoms with Crippen molar-refractivity contribution in [3.63, 3.8) is 0 Å². The molecule has 0 aliphatic heterocycles. The van der Waals surface area contributed by atoms with Crippen molar-refractivity contribution in [3.8, 4) is 5.75 Å². The molecule has 1 heterocycles. The van der Waals surface area contributed by atoms with Gasteiger partial charge in [-0.05, 0) is 24.9 Å². The number of amides is 1. The molecule has 2 aromatic rings. The molecule has 0 aliphatic carbocycles. The molecule has 0 fully saturated rings. The molecule has 0 spiro atoms. The van der Waals surface area contributed by atoms with Gasteiger partial charge >= 0.3 is 0 Å². The van der Waals surface area contributed by atoms with Gasteiger partial charge in [-0.15, -0.1) is 0 Å². The van der Waals surface area contributed by atoms with E-state index in [1.165, 1.54) is 24.9 Å². The highest BCUT2D eigenvalue weighted by molar-refractivity contribution is 6.30. The second-order valence-electron chi connectivity index (χ2n) is 4.47. The van der Waals surface area contributed by atoms with E-state index in [-0.39, 0.29) is 17.6 Å². The van der Waals surface area contributed by atoms with E-state index in [2.05, 4.69) is 32.0 Å². The lowest BCUT2D eigenvalue weighted by atomic mass is 10.2. The van der Waals surface area contributed by atoms with Crippen molar-refractivity contribution in [1.29, 1.82) is 0 Å². The van der Waals surface area contributed by atoms with Gasteiger partial charge in [-0.25, -0.2) is 9.97 Å². The summed E-state index contributed by atoms with van der Waals surface area (Å²) in [6.45, 7) is 4.98. The number of aromatic nitrogens is 2. The molecule has 1 amide bonds. The molecule has 0 unspecified atom stereocenters. The smallest absolute Gasteiger partial charge is 0.256 e. The highest BCUT2D eigenvalue weighted by Crippen LogP contribution is 2.11. The number of carbonyl (C=O) groups is 1. The van der Waals surface area contributed by atoms with Crippen molar-refractivity contribution < 1.29 is 9.53 Å². The molecule has 8 heteroatoms. The number of ether oxygens (including phenoxy) is 1. The number of nitrogens with zero attached hydrogens (tertiary/aromatic N) is 4. The molecule has 1 aromatic heterocycles. The summed E-state index contributed by atoms with van der Waals surface area (Å²) < 4.78 is 5.45. The lowest BCUT2D eigenvalue weighted by Gasteiger charge is -2.08. The van der Waals surface area contributed by atoms with Crippen LogP contribution in [0, 0.1) is 0 Å². The minimum Gasteiger partial charge on any atom is -0.440 e. The summed E-state index contributed by atoms with van der Waals surface area (Å²) in [7, 11) is 0. The third-order valence-corrected chi connectivity index (χ3v) is 2.86. The Morgan fingerprint density at radius 2 is 2.12 bits per heavy atom. The lowest BCUT2D eigenvalue weighted by molar-refractivity contribution is 0.0965. The highest BCUT2D eigenvalue weighted by Gasteiger charge is 2.08. The number of nitrogens with one attached hydrogen (secondary N) is 1. The predicted molar refractivity (Wildman–Crippen MR) is 92.3 cm³/mol. The van der Waals surface area contributed by atoms with Crippen LogP contribution in [-0.4, -0.2) is 28.5 Å². The van der Waals surface area contributed by atoms with E-state index in [1.807, 2.05) is 0 Å². The standard InChI is InChI=1S/C16H14ClN5O2/c1-11(24-14-7-19-10-20-8-14)21-15(9-18-2)22-16(23)12-4-3-5-13(17)6-12/h3-10H,2H2,1H3,(H,22,23)/b15-9+,21-11+. The number of benzene rings is 1. The summed E-state index contributed by atoms with van der Waals surface area (Å²) in [6.07, 6.45) is 5.67. The molecule has 0 saturated carbocycles. The number of carbonyl (C=O) groups excluding carboxylic acids is 1. The quantitative estimate of drug-likeness (QED) is 0.667. The van der Waals surface area contributed by atoms with Crippen LogP contribution in [0.25, 0.3) is 0 Å². The van der Waals surface area contributed by atoms with Crippen LogP contribution in [0.1, 0.15) is 17.3 Å². The van der Waals surface area contributed by atoms with Crippen molar-refractivity contribution in [3.05, 3.63) is 65.6 Å². The van der Waals surface area contributed by atoms with Crippen LogP contribution in [0.2, 0.25) is 5.02 Å². The van der Waals surface area contributed by atoms with Gasteiger partial charge in [0.05, 0.1) is 18.6 Å². The van der Waals surface area contributed by atoms with Gasteiger partial charge in [0.2, 0.25) is 0 Å². The lowest BCUT2D eigenvalue weighted by Crippen LogP contribution is -2.23. The first-order valence-corrected chi connectivity index (χ1v) is 7.17. The van der Waals surface area contributed by atoms with E-state index in [9.17, 15) is 4.79 Å². The van der Waals surface area contributed by atoms with E-state index in [4.69, 9.17) is 16.3 Å². The summed E-state index contributed by atoms with van der Waals surface area (Å²) in [6, 6.07) is 6.54. The Balaban J connectivity index is 2.11. The van der Waals surface area contributed by atoms with Gasteiger partial charge in [0.15, 0.2) is 17.5 Å². The van der Waals surface area contributed by atoms with E-state index >= 15 is 0 Å². The van der Waals surface area contributed by atoms with Gasteiger partial charge in [-0.2, -0.15) is 4.99 Å². The second-order valence-corrected chi connectivity index (χ2v) is 4.90. The van der Waals surface area contributed by atoms with Crippen LogP contribution in [0.3, 0.4) is 0 Å². The van der Waals surface area contributed by atoms with Gasteiger partial charge in [0.1, 0.15) is 6.33 Å². The van der Waals surface area contributed by atoms with Gasteiger partial charge in [0, 0.05) is 17.5 Å². The first-order chi connectivity index (χ1) is 11.6. The molecule has 122 valence electrons. The average molecular weight is 344 g/mol. The maximum atomic E-state index is 12.2. The van der Waals surface area contributed by atoms with Gasteiger partial charge in [-0.1, -0.05) is 17.7 Å². The largest absolute Gasteiger partial charge is 0.440 e. The first kappa shape index (κ1) is 17.3. The number of hydrogen-bond acceptors (Lipinski definition) is 6. The summed E-state index contributed by atoms with van der Waals surface area (Å²) in [5, 5.41) is 3.07. The first-order valence-electron chi connectivity index (χ1n) is 6.79. The van der Waals surface area contributed by atoms with Crippen molar-refractivity contribution >= 4 is 30.1 Å². The third-order valence-electron chi connectivity index (χ3n) is 2.62. The fourth-order valence-corrected chi connectivity index (χ4v) is 1.89. The highest BCUT2D eigenvalue weighted by atomic mass is 35.5. The normalized spacial score (nSPS) is 11.8. The molecule has 0 bridgehead atoms. The van der Waals surface area contributed by atoms with Crippen molar-refractivity contribution in [2.24, 2.45) is 9.98 Å².